The van der Waals surface area contributed by atoms with E-state index >= 15 is 0 Å². The zero-order chi connectivity index (χ0) is 10.1. The van der Waals surface area contributed by atoms with Crippen molar-refractivity contribution in [2.24, 2.45) is 0 Å². The number of ether oxygens (including phenoxy) is 1. The van der Waals surface area contributed by atoms with Crippen LogP contribution in [-0.4, -0.2) is 6.61 Å². The van der Waals surface area contributed by atoms with E-state index in [1.807, 2.05) is 0 Å². The van der Waals surface area contributed by atoms with Crippen molar-refractivity contribution in [2.45, 2.75) is 19.3 Å². The molecule has 0 saturated carbocycles. The third-order valence-corrected chi connectivity index (χ3v) is 2.26. The second kappa shape index (κ2) is 3.52. The lowest BCUT2D eigenvalue weighted by Crippen LogP contribution is -2.10. The van der Waals surface area contributed by atoms with Crippen LogP contribution >= 0.6 is 0 Å². The van der Waals surface area contributed by atoms with Gasteiger partial charge in [-0.1, -0.05) is 0 Å². The molecule has 2 rings (SSSR count). The Bertz CT molecular complexity index is 349. The van der Waals surface area contributed by atoms with Crippen LogP contribution in [0.2, 0.25) is 0 Å². The van der Waals surface area contributed by atoms with Gasteiger partial charge in [-0.25, -0.2) is 13.2 Å². The summed E-state index contributed by atoms with van der Waals surface area (Å²) >= 11 is 0. The van der Waals surface area contributed by atoms with E-state index in [4.69, 9.17) is 4.74 Å². The summed E-state index contributed by atoms with van der Waals surface area (Å²) in [6, 6.07) is 2.11. The predicted octanol–water partition coefficient (Wildman–Crippen LogP) is 3.09. The van der Waals surface area contributed by atoms with Gasteiger partial charge in [-0.05, 0) is 25.0 Å². The Labute approximate surface area is 79.5 Å². The quantitative estimate of drug-likeness (QED) is 0.679. The molecule has 0 radical (unpaired) electrons. The van der Waals surface area contributed by atoms with Gasteiger partial charge in [-0.2, -0.15) is 0 Å². The van der Waals surface area contributed by atoms with E-state index in [9.17, 15) is 13.2 Å². The fraction of sp³-hybridized carbons (Fsp3) is 0.400. The smallest absolute Gasteiger partial charge is 0.264 e. The molecule has 0 N–H and O–H groups in total. The molecule has 0 aliphatic carbocycles. The minimum absolute atomic E-state index is 0.270. The molecule has 0 amide bonds. The standard InChI is InChI=1S/C10H9F3O/c11-8-4-6(10(12)13)5-9-7(8)2-1-3-14-9/h4-5,10H,1-3H2. The summed E-state index contributed by atoms with van der Waals surface area (Å²) in [5.74, 6) is -0.316. The van der Waals surface area contributed by atoms with Crippen LogP contribution in [0.5, 0.6) is 5.75 Å². The molecule has 1 aliphatic heterocycles. The number of benzene rings is 1. The first-order valence-electron chi connectivity index (χ1n) is 4.42. The molecule has 1 nitrogen and oxygen atoms in total. The fourth-order valence-corrected chi connectivity index (χ4v) is 1.56. The molecule has 1 aromatic rings. The maximum absolute atomic E-state index is 13.3. The van der Waals surface area contributed by atoms with E-state index in [0.29, 0.717) is 18.6 Å². The lowest BCUT2D eigenvalue weighted by atomic mass is 10.0. The minimum atomic E-state index is -2.65. The Balaban J connectivity index is 2.46. The first-order valence-corrected chi connectivity index (χ1v) is 4.42. The number of fused-ring (bicyclic) bond motifs is 1. The fourth-order valence-electron chi connectivity index (χ4n) is 1.56. The highest BCUT2D eigenvalue weighted by atomic mass is 19.3. The van der Waals surface area contributed by atoms with Crippen LogP contribution in [0.3, 0.4) is 0 Å². The summed E-state index contributed by atoms with van der Waals surface area (Å²) in [5.41, 5.74) is 0.101. The second-order valence-corrected chi connectivity index (χ2v) is 3.23. The molecule has 1 aliphatic rings. The first-order chi connectivity index (χ1) is 6.68. The van der Waals surface area contributed by atoms with Gasteiger partial charge in [-0.15, -0.1) is 0 Å². The normalized spacial score (nSPS) is 15.1. The number of hydrogen-bond acceptors (Lipinski definition) is 1. The van der Waals surface area contributed by atoms with Gasteiger partial charge in [0.2, 0.25) is 0 Å². The van der Waals surface area contributed by atoms with Gasteiger partial charge in [0.1, 0.15) is 11.6 Å². The highest BCUT2D eigenvalue weighted by Gasteiger charge is 2.19. The van der Waals surface area contributed by atoms with Crippen LogP contribution in [-0.2, 0) is 6.42 Å². The Morgan fingerprint density at radius 1 is 1.29 bits per heavy atom. The molecule has 0 bridgehead atoms. The number of rotatable bonds is 1. The number of alkyl halides is 2. The summed E-state index contributed by atoms with van der Waals surface area (Å²) in [6.45, 7) is 0.471. The molecule has 4 heteroatoms. The van der Waals surface area contributed by atoms with Crippen LogP contribution in [0.25, 0.3) is 0 Å². The molecule has 0 fully saturated rings. The average molecular weight is 202 g/mol. The topological polar surface area (TPSA) is 9.23 Å². The largest absolute Gasteiger partial charge is 0.493 e. The maximum atomic E-state index is 13.3. The molecule has 0 atom stereocenters. The van der Waals surface area contributed by atoms with Crippen molar-refractivity contribution < 1.29 is 17.9 Å². The van der Waals surface area contributed by atoms with E-state index in [1.165, 1.54) is 6.07 Å². The van der Waals surface area contributed by atoms with Gasteiger partial charge in [0.05, 0.1) is 6.61 Å². The average Bonchev–Trinajstić information content (AvgIpc) is 2.17. The van der Waals surface area contributed by atoms with Crippen molar-refractivity contribution in [3.8, 4) is 5.75 Å². The molecule has 1 heterocycles. The lowest BCUT2D eigenvalue weighted by Gasteiger charge is -2.18. The van der Waals surface area contributed by atoms with Gasteiger partial charge in [0.15, 0.2) is 0 Å². The van der Waals surface area contributed by atoms with Crippen LogP contribution in [0.15, 0.2) is 12.1 Å². The van der Waals surface area contributed by atoms with Gasteiger partial charge in [0, 0.05) is 11.1 Å². The second-order valence-electron chi connectivity index (χ2n) is 3.23. The first kappa shape index (κ1) is 9.37. The summed E-state index contributed by atoms with van der Waals surface area (Å²) < 4.78 is 43.0. The Morgan fingerprint density at radius 3 is 2.79 bits per heavy atom. The number of hydrogen-bond donors (Lipinski definition) is 0. The van der Waals surface area contributed by atoms with Gasteiger partial charge < -0.3 is 4.74 Å². The van der Waals surface area contributed by atoms with E-state index in [1.54, 1.807) is 0 Å². The van der Waals surface area contributed by atoms with E-state index in [2.05, 4.69) is 0 Å². The molecule has 0 saturated heterocycles. The van der Waals surface area contributed by atoms with Gasteiger partial charge in [-0.3, -0.25) is 0 Å². The zero-order valence-corrected chi connectivity index (χ0v) is 7.40. The minimum Gasteiger partial charge on any atom is -0.493 e. The monoisotopic (exact) mass is 202 g/mol. The van der Waals surface area contributed by atoms with Crippen LogP contribution in [0.1, 0.15) is 24.0 Å². The van der Waals surface area contributed by atoms with Crippen molar-refractivity contribution in [1.29, 1.82) is 0 Å². The Morgan fingerprint density at radius 2 is 2.07 bits per heavy atom. The maximum Gasteiger partial charge on any atom is 0.264 e. The van der Waals surface area contributed by atoms with Crippen molar-refractivity contribution in [3.63, 3.8) is 0 Å². The highest BCUT2D eigenvalue weighted by Crippen LogP contribution is 2.32. The summed E-state index contributed by atoms with van der Waals surface area (Å²) in [5, 5.41) is 0. The third-order valence-electron chi connectivity index (χ3n) is 2.26. The van der Waals surface area contributed by atoms with Crippen molar-refractivity contribution in [2.75, 3.05) is 6.61 Å². The van der Waals surface area contributed by atoms with Gasteiger partial charge in [0.25, 0.3) is 6.43 Å². The zero-order valence-electron chi connectivity index (χ0n) is 7.40. The molecule has 0 aromatic heterocycles. The summed E-state index contributed by atoms with van der Waals surface area (Å²) in [4.78, 5) is 0. The third kappa shape index (κ3) is 1.56. The molecule has 14 heavy (non-hydrogen) atoms. The van der Waals surface area contributed by atoms with Gasteiger partial charge >= 0.3 is 0 Å². The van der Waals surface area contributed by atoms with E-state index in [0.717, 1.165) is 12.5 Å². The number of halogens is 3. The SMILES string of the molecule is Fc1cc(C(F)F)cc2c1CCCO2. The molecule has 0 spiro atoms. The van der Waals surface area contributed by atoms with Crippen LogP contribution < -0.4 is 4.74 Å². The van der Waals surface area contributed by atoms with Crippen molar-refractivity contribution >= 4 is 0 Å². The van der Waals surface area contributed by atoms with Crippen LogP contribution in [0, 0.1) is 5.82 Å². The lowest BCUT2D eigenvalue weighted by molar-refractivity contribution is 0.150. The molecular formula is C10H9F3O. The predicted molar refractivity (Wildman–Crippen MR) is 45.2 cm³/mol. The highest BCUT2D eigenvalue weighted by molar-refractivity contribution is 5.40. The van der Waals surface area contributed by atoms with Crippen LogP contribution in [0.4, 0.5) is 13.2 Å². The summed E-state index contributed by atoms with van der Waals surface area (Å²) in [6.07, 6.45) is -1.36. The van der Waals surface area contributed by atoms with Crippen molar-refractivity contribution in [1.82, 2.24) is 0 Å². The Hall–Kier alpha value is -1.19. The van der Waals surface area contributed by atoms with E-state index < -0.39 is 12.2 Å². The molecule has 1 aromatic carbocycles. The Kier molecular flexibility index (Phi) is 2.35. The molecular weight excluding hydrogens is 193 g/mol. The van der Waals surface area contributed by atoms with E-state index in [-0.39, 0.29) is 11.3 Å². The molecule has 76 valence electrons. The van der Waals surface area contributed by atoms with Crippen molar-refractivity contribution in [3.05, 3.63) is 29.1 Å². The molecule has 0 unspecified atom stereocenters. The summed E-state index contributed by atoms with van der Waals surface area (Å²) in [7, 11) is 0.